The average molecular weight is 212 g/mol. The van der Waals surface area contributed by atoms with Crippen LogP contribution in [0.25, 0.3) is 0 Å². The number of likely N-dealkylation sites (tertiary alicyclic amines) is 1. The van der Waals surface area contributed by atoms with Gasteiger partial charge < -0.3 is 15.3 Å². The third-order valence-electron chi connectivity index (χ3n) is 3.89. The van der Waals surface area contributed by atoms with Gasteiger partial charge in [0.15, 0.2) is 0 Å². The average Bonchev–Trinajstić information content (AvgIpc) is 2.63. The highest BCUT2D eigenvalue weighted by atomic mass is 16.3. The second-order valence-electron chi connectivity index (χ2n) is 5.28. The van der Waals surface area contributed by atoms with E-state index in [1.54, 1.807) is 0 Å². The van der Waals surface area contributed by atoms with E-state index in [-0.39, 0.29) is 6.10 Å². The highest BCUT2D eigenvalue weighted by Crippen LogP contribution is 2.19. The molecule has 0 aromatic rings. The molecule has 1 aliphatic heterocycles. The number of hydrogen-bond donors (Lipinski definition) is 2. The normalized spacial score (nSPS) is 38.4. The van der Waals surface area contributed by atoms with Gasteiger partial charge in [-0.2, -0.15) is 0 Å². The van der Waals surface area contributed by atoms with Crippen molar-refractivity contribution in [2.75, 3.05) is 26.7 Å². The summed E-state index contributed by atoms with van der Waals surface area (Å²) in [6.07, 6.45) is 5.83. The van der Waals surface area contributed by atoms with Gasteiger partial charge in [-0.1, -0.05) is 12.8 Å². The Hall–Kier alpha value is -0.120. The van der Waals surface area contributed by atoms with Crippen LogP contribution in [0.5, 0.6) is 0 Å². The van der Waals surface area contributed by atoms with Crippen LogP contribution in [0.1, 0.15) is 32.1 Å². The van der Waals surface area contributed by atoms with Crippen LogP contribution < -0.4 is 5.32 Å². The Morgan fingerprint density at radius 1 is 1.27 bits per heavy atom. The second-order valence-corrected chi connectivity index (χ2v) is 5.28. The summed E-state index contributed by atoms with van der Waals surface area (Å²) in [5.41, 5.74) is 0. The Balaban J connectivity index is 1.68. The third kappa shape index (κ3) is 3.16. The molecule has 2 rings (SSSR count). The van der Waals surface area contributed by atoms with Crippen LogP contribution in [0.15, 0.2) is 0 Å². The first kappa shape index (κ1) is 11.4. The SMILES string of the molecule is CN1CCC(CNC2CCCCC2O)C1. The summed E-state index contributed by atoms with van der Waals surface area (Å²) >= 11 is 0. The van der Waals surface area contributed by atoms with Crippen molar-refractivity contribution in [2.45, 2.75) is 44.2 Å². The minimum atomic E-state index is -0.0992. The van der Waals surface area contributed by atoms with Crippen LogP contribution in [0.3, 0.4) is 0 Å². The Kier molecular flexibility index (Phi) is 4.00. The lowest BCUT2D eigenvalue weighted by Gasteiger charge is -2.29. The quantitative estimate of drug-likeness (QED) is 0.727. The molecule has 0 aromatic heterocycles. The smallest absolute Gasteiger partial charge is 0.0693 e. The molecule has 1 saturated carbocycles. The maximum absolute atomic E-state index is 9.82. The van der Waals surface area contributed by atoms with Crippen molar-refractivity contribution >= 4 is 0 Å². The largest absolute Gasteiger partial charge is 0.392 e. The first-order valence-corrected chi connectivity index (χ1v) is 6.35. The van der Waals surface area contributed by atoms with E-state index >= 15 is 0 Å². The fourth-order valence-corrected chi connectivity index (χ4v) is 2.86. The van der Waals surface area contributed by atoms with Gasteiger partial charge in [0.25, 0.3) is 0 Å². The van der Waals surface area contributed by atoms with E-state index in [2.05, 4.69) is 17.3 Å². The van der Waals surface area contributed by atoms with Gasteiger partial charge >= 0.3 is 0 Å². The lowest BCUT2D eigenvalue weighted by Crippen LogP contribution is -2.44. The predicted octanol–water partition coefficient (Wildman–Crippen LogP) is 0.831. The van der Waals surface area contributed by atoms with Crippen LogP contribution >= 0.6 is 0 Å². The van der Waals surface area contributed by atoms with Crippen molar-refractivity contribution in [2.24, 2.45) is 5.92 Å². The molecule has 0 radical (unpaired) electrons. The highest BCUT2D eigenvalue weighted by Gasteiger charge is 2.25. The minimum Gasteiger partial charge on any atom is -0.392 e. The molecule has 1 saturated heterocycles. The van der Waals surface area contributed by atoms with E-state index in [0.717, 1.165) is 25.3 Å². The highest BCUT2D eigenvalue weighted by molar-refractivity contribution is 4.83. The maximum atomic E-state index is 9.82. The Labute approximate surface area is 92.8 Å². The number of nitrogens with one attached hydrogen (secondary N) is 1. The lowest BCUT2D eigenvalue weighted by atomic mass is 9.92. The molecule has 3 heteroatoms. The van der Waals surface area contributed by atoms with Crippen molar-refractivity contribution < 1.29 is 5.11 Å². The van der Waals surface area contributed by atoms with Crippen molar-refractivity contribution in [3.63, 3.8) is 0 Å². The Morgan fingerprint density at radius 2 is 2.07 bits per heavy atom. The number of rotatable bonds is 3. The molecular weight excluding hydrogens is 188 g/mol. The van der Waals surface area contributed by atoms with E-state index in [1.165, 1.54) is 32.4 Å². The van der Waals surface area contributed by atoms with Crippen LogP contribution in [0, 0.1) is 5.92 Å². The van der Waals surface area contributed by atoms with E-state index in [1.807, 2.05) is 0 Å². The zero-order valence-electron chi connectivity index (χ0n) is 9.78. The number of hydrogen-bond acceptors (Lipinski definition) is 3. The molecule has 88 valence electrons. The van der Waals surface area contributed by atoms with Gasteiger partial charge in [-0.3, -0.25) is 0 Å². The Morgan fingerprint density at radius 3 is 2.73 bits per heavy atom. The molecule has 1 heterocycles. The molecule has 2 N–H and O–H groups in total. The molecule has 2 aliphatic rings. The molecule has 0 bridgehead atoms. The van der Waals surface area contributed by atoms with Crippen LogP contribution in [-0.4, -0.2) is 48.8 Å². The fourth-order valence-electron chi connectivity index (χ4n) is 2.86. The molecule has 15 heavy (non-hydrogen) atoms. The summed E-state index contributed by atoms with van der Waals surface area (Å²) in [6, 6.07) is 0.365. The Bertz CT molecular complexity index is 198. The summed E-state index contributed by atoms with van der Waals surface area (Å²) < 4.78 is 0. The summed E-state index contributed by atoms with van der Waals surface area (Å²) in [5, 5.41) is 13.4. The molecule has 0 amide bonds. The first-order chi connectivity index (χ1) is 7.25. The topological polar surface area (TPSA) is 35.5 Å². The molecule has 0 aromatic carbocycles. The second kappa shape index (κ2) is 5.28. The van der Waals surface area contributed by atoms with E-state index in [4.69, 9.17) is 0 Å². The fraction of sp³-hybridized carbons (Fsp3) is 1.00. The minimum absolute atomic E-state index is 0.0992. The summed E-state index contributed by atoms with van der Waals surface area (Å²) in [7, 11) is 2.19. The van der Waals surface area contributed by atoms with Crippen molar-refractivity contribution in [3.8, 4) is 0 Å². The number of aliphatic hydroxyl groups is 1. The van der Waals surface area contributed by atoms with Crippen LogP contribution in [-0.2, 0) is 0 Å². The molecular formula is C12H24N2O. The molecule has 3 nitrogen and oxygen atoms in total. The zero-order valence-corrected chi connectivity index (χ0v) is 9.78. The van der Waals surface area contributed by atoms with Gasteiger partial charge in [0.2, 0.25) is 0 Å². The van der Waals surface area contributed by atoms with Gasteiger partial charge in [0, 0.05) is 12.6 Å². The molecule has 3 atom stereocenters. The predicted molar refractivity (Wildman–Crippen MR) is 61.9 cm³/mol. The van der Waals surface area contributed by atoms with E-state index in [9.17, 15) is 5.11 Å². The van der Waals surface area contributed by atoms with Crippen molar-refractivity contribution in [3.05, 3.63) is 0 Å². The first-order valence-electron chi connectivity index (χ1n) is 6.35. The van der Waals surface area contributed by atoms with Crippen molar-refractivity contribution in [1.82, 2.24) is 10.2 Å². The lowest BCUT2D eigenvalue weighted by molar-refractivity contribution is 0.0890. The zero-order chi connectivity index (χ0) is 10.7. The van der Waals surface area contributed by atoms with Gasteiger partial charge in [0.1, 0.15) is 0 Å². The molecule has 3 unspecified atom stereocenters. The number of nitrogens with zero attached hydrogens (tertiary/aromatic N) is 1. The summed E-state index contributed by atoms with van der Waals surface area (Å²) in [4.78, 5) is 2.39. The van der Waals surface area contributed by atoms with E-state index in [0.29, 0.717) is 6.04 Å². The standard InChI is InChI=1S/C12H24N2O/c1-14-7-6-10(9-14)8-13-11-4-2-3-5-12(11)15/h10-13,15H,2-9H2,1H3. The maximum Gasteiger partial charge on any atom is 0.0693 e. The molecule has 1 aliphatic carbocycles. The third-order valence-corrected chi connectivity index (χ3v) is 3.89. The van der Waals surface area contributed by atoms with Crippen LogP contribution in [0.4, 0.5) is 0 Å². The summed E-state index contributed by atoms with van der Waals surface area (Å²) in [5.74, 6) is 0.795. The molecule has 0 spiro atoms. The van der Waals surface area contributed by atoms with Crippen molar-refractivity contribution in [1.29, 1.82) is 0 Å². The van der Waals surface area contributed by atoms with Gasteiger partial charge in [0.05, 0.1) is 6.10 Å². The number of aliphatic hydroxyl groups excluding tert-OH is 1. The summed E-state index contributed by atoms with van der Waals surface area (Å²) in [6.45, 7) is 3.54. The van der Waals surface area contributed by atoms with E-state index < -0.39 is 0 Å². The van der Waals surface area contributed by atoms with Gasteiger partial charge in [-0.25, -0.2) is 0 Å². The van der Waals surface area contributed by atoms with Crippen LogP contribution in [0.2, 0.25) is 0 Å². The van der Waals surface area contributed by atoms with Gasteiger partial charge in [-0.05, 0) is 45.3 Å². The monoisotopic (exact) mass is 212 g/mol. The van der Waals surface area contributed by atoms with Gasteiger partial charge in [-0.15, -0.1) is 0 Å². The molecule has 2 fully saturated rings.